The van der Waals surface area contributed by atoms with Gasteiger partial charge >= 0.3 is 5.97 Å². The number of nitrogens with one attached hydrogen (secondary N) is 1. The second-order valence-corrected chi connectivity index (χ2v) is 10.9. The average molecular weight is 506 g/mol. The first kappa shape index (κ1) is 22.3. The lowest BCUT2D eigenvalue weighted by Gasteiger charge is -2.40. The summed E-state index contributed by atoms with van der Waals surface area (Å²) in [5, 5.41) is 13.3. The summed E-state index contributed by atoms with van der Waals surface area (Å²) in [6.07, 6.45) is 8.54. The van der Waals surface area contributed by atoms with Crippen molar-refractivity contribution in [2.45, 2.75) is 44.9 Å². The highest BCUT2D eigenvalue weighted by Crippen LogP contribution is 2.79. The maximum absolute atomic E-state index is 13.8. The number of hydrogen-bond acceptors (Lipinski definition) is 5. The Morgan fingerprint density at radius 1 is 1.22 bits per heavy atom. The van der Waals surface area contributed by atoms with Crippen LogP contribution in [0.2, 0.25) is 0 Å². The van der Waals surface area contributed by atoms with Gasteiger partial charge in [0.1, 0.15) is 4.60 Å². The minimum absolute atomic E-state index is 0.0495. The molecule has 1 amide bonds. The summed E-state index contributed by atoms with van der Waals surface area (Å²) in [5.74, 6) is -1.43. The van der Waals surface area contributed by atoms with E-state index < -0.39 is 17.3 Å². The lowest BCUT2D eigenvalue weighted by atomic mass is 9.63. The zero-order valence-electron chi connectivity index (χ0n) is 18.4. The highest BCUT2D eigenvalue weighted by Gasteiger charge is 2.77. The SMILES string of the molecule is O=C(O)[C@@H]1[C@H]2CC[C@@H](C23CC3)[C@@]1(CCOCCN1CCCC1)C(=O)Nc1ccc(Br)nc1. The van der Waals surface area contributed by atoms with Crippen LogP contribution in [0.4, 0.5) is 5.69 Å². The number of likely N-dealkylation sites (tertiary alicyclic amines) is 1. The number of carbonyl (C=O) groups excluding carboxylic acids is 1. The van der Waals surface area contributed by atoms with Gasteiger partial charge in [-0.2, -0.15) is 0 Å². The number of rotatable bonds is 9. The van der Waals surface area contributed by atoms with Crippen LogP contribution in [-0.2, 0) is 14.3 Å². The summed E-state index contributed by atoms with van der Waals surface area (Å²) in [4.78, 5) is 33.0. The van der Waals surface area contributed by atoms with Gasteiger partial charge in [0.15, 0.2) is 0 Å². The fourth-order valence-corrected chi connectivity index (χ4v) is 7.50. The van der Waals surface area contributed by atoms with E-state index in [1.165, 1.54) is 12.8 Å². The summed E-state index contributed by atoms with van der Waals surface area (Å²) >= 11 is 3.32. The van der Waals surface area contributed by atoms with Crippen LogP contribution in [0.25, 0.3) is 0 Å². The molecule has 3 saturated carbocycles. The molecule has 7 nitrogen and oxygen atoms in total. The van der Waals surface area contributed by atoms with Gasteiger partial charge in [0.25, 0.3) is 0 Å². The van der Waals surface area contributed by atoms with Crippen LogP contribution in [0.1, 0.15) is 44.9 Å². The van der Waals surface area contributed by atoms with Gasteiger partial charge in [-0.05, 0) is 103 Å². The summed E-state index contributed by atoms with van der Waals surface area (Å²) in [7, 11) is 0. The maximum atomic E-state index is 13.8. The van der Waals surface area contributed by atoms with E-state index in [9.17, 15) is 14.7 Å². The molecule has 32 heavy (non-hydrogen) atoms. The fraction of sp³-hybridized carbons (Fsp3) is 0.708. The van der Waals surface area contributed by atoms with Gasteiger partial charge in [-0.3, -0.25) is 9.59 Å². The van der Waals surface area contributed by atoms with E-state index in [1.54, 1.807) is 18.3 Å². The maximum Gasteiger partial charge on any atom is 0.307 e. The van der Waals surface area contributed by atoms with Gasteiger partial charge < -0.3 is 20.1 Å². The molecule has 2 bridgehead atoms. The minimum atomic E-state index is -0.925. The third kappa shape index (κ3) is 3.68. The molecular formula is C24H32BrN3O4. The number of aromatic nitrogens is 1. The number of anilines is 1. The Labute approximate surface area is 197 Å². The number of aliphatic carboxylic acids is 1. The zero-order valence-corrected chi connectivity index (χ0v) is 20.0. The molecule has 1 aliphatic heterocycles. The molecule has 4 fully saturated rings. The van der Waals surface area contributed by atoms with E-state index >= 15 is 0 Å². The molecule has 1 spiro atoms. The van der Waals surface area contributed by atoms with Crippen LogP contribution in [-0.4, -0.2) is 59.7 Å². The van der Waals surface area contributed by atoms with Crippen LogP contribution in [0.15, 0.2) is 22.9 Å². The first-order valence-corrected chi connectivity index (χ1v) is 12.7. The number of carboxylic acid groups (broad SMARTS) is 1. The second-order valence-electron chi connectivity index (χ2n) is 10.1. The molecule has 0 unspecified atom stereocenters. The average Bonchev–Trinajstić information content (AvgIpc) is 3.14. The standard InChI is InChI=1S/C24H32BrN3O4/c25-19-6-3-16(15-26-19)27-22(31)24(9-13-32-14-12-28-10-1-2-11-28)18-5-4-17(20(24)21(29)30)23(18)7-8-23/h3,6,15,17-18,20H,1-2,4-5,7-14H2,(H,27,31)(H,29,30)/t17-,18+,20+,24-/m1/s1. The van der Waals surface area contributed by atoms with E-state index in [1.807, 2.05) is 0 Å². The van der Waals surface area contributed by atoms with Crippen LogP contribution in [0, 0.1) is 28.6 Å². The van der Waals surface area contributed by atoms with Crippen LogP contribution >= 0.6 is 15.9 Å². The van der Waals surface area contributed by atoms with Gasteiger partial charge in [0.2, 0.25) is 5.91 Å². The van der Waals surface area contributed by atoms with Crippen molar-refractivity contribution in [1.29, 1.82) is 0 Å². The van der Waals surface area contributed by atoms with Crippen molar-refractivity contribution in [2.75, 3.05) is 38.2 Å². The molecular weight excluding hydrogens is 474 g/mol. The predicted octanol–water partition coefficient (Wildman–Crippen LogP) is 3.79. The topological polar surface area (TPSA) is 91.8 Å². The van der Waals surface area contributed by atoms with Crippen molar-refractivity contribution in [3.8, 4) is 0 Å². The number of carbonyl (C=O) groups is 2. The molecule has 174 valence electrons. The molecule has 1 aromatic rings. The van der Waals surface area contributed by atoms with E-state index in [2.05, 4.69) is 31.1 Å². The number of halogens is 1. The summed E-state index contributed by atoms with van der Waals surface area (Å²) in [6, 6.07) is 3.58. The Balaban J connectivity index is 1.35. The van der Waals surface area contributed by atoms with E-state index in [0.717, 1.165) is 45.3 Å². The molecule has 3 aliphatic carbocycles. The number of hydrogen-bond donors (Lipinski definition) is 2. The van der Waals surface area contributed by atoms with Gasteiger partial charge in [0, 0.05) is 13.2 Å². The van der Waals surface area contributed by atoms with Crippen LogP contribution in [0.3, 0.4) is 0 Å². The Morgan fingerprint density at radius 3 is 2.66 bits per heavy atom. The molecule has 2 heterocycles. The van der Waals surface area contributed by atoms with Gasteiger partial charge in [-0.25, -0.2) is 4.98 Å². The number of pyridine rings is 1. The molecule has 5 rings (SSSR count). The molecule has 0 radical (unpaired) electrons. The Bertz CT molecular complexity index is 869. The highest BCUT2D eigenvalue weighted by atomic mass is 79.9. The van der Waals surface area contributed by atoms with Gasteiger partial charge in [-0.15, -0.1) is 0 Å². The highest BCUT2D eigenvalue weighted by molar-refractivity contribution is 9.10. The smallest absolute Gasteiger partial charge is 0.307 e. The third-order valence-electron chi connectivity index (χ3n) is 8.69. The van der Waals surface area contributed by atoms with Crippen molar-refractivity contribution in [1.82, 2.24) is 9.88 Å². The van der Waals surface area contributed by atoms with Gasteiger partial charge in [0.05, 0.1) is 29.8 Å². The predicted molar refractivity (Wildman–Crippen MR) is 123 cm³/mol. The summed E-state index contributed by atoms with van der Waals surface area (Å²) < 4.78 is 6.68. The van der Waals surface area contributed by atoms with E-state index in [4.69, 9.17) is 4.74 Å². The molecule has 0 aromatic carbocycles. The van der Waals surface area contributed by atoms with Crippen molar-refractivity contribution < 1.29 is 19.4 Å². The fourth-order valence-electron chi connectivity index (χ4n) is 7.26. The monoisotopic (exact) mass is 505 g/mol. The van der Waals surface area contributed by atoms with Crippen LogP contribution < -0.4 is 5.32 Å². The Kier molecular flexibility index (Phi) is 6.05. The van der Waals surface area contributed by atoms with E-state index in [0.29, 0.717) is 29.9 Å². The normalized spacial score (nSPS) is 32.5. The van der Waals surface area contributed by atoms with E-state index in [-0.39, 0.29) is 23.2 Å². The van der Waals surface area contributed by atoms with Crippen LogP contribution in [0.5, 0.6) is 0 Å². The molecule has 4 atom stereocenters. The molecule has 4 aliphatic rings. The Morgan fingerprint density at radius 2 is 2.00 bits per heavy atom. The quantitative estimate of drug-likeness (QED) is 0.391. The first-order chi connectivity index (χ1) is 15.5. The third-order valence-corrected chi connectivity index (χ3v) is 9.16. The number of carboxylic acids is 1. The summed E-state index contributed by atoms with van der Waals surface area (Å²) in [6.45, 7) is 4.21. The van der Waals surface area contributed by atoms with Gasteiger partial charge in [-0.1, -0.05) is 0 Å². The molecule has 1 saturated heterocycles. The summed E-state index contributed by atoms with van der Waals surface area (Å²) in [5.41, 5.74) is -0.274. The largest absolute Gasteiger partial charge is 0.481 e. The zero-order chi connectivity index (χ0) is 22.3. The number of nitrogens with zero attached hydrogens (tertiary/aromatic N) is 2. The lowest BCUT2D eigenvalue weighted by Crippen LogP contribution is -2.50. The molecule has 8 heteroatoms. The molecule has 1 aromatic heterocycles. The Hall–Kier alpha value is -1.51. The van der Waals surface area contributed by atoms with Crippen molar-refractivity contribution in [3.63, 3.8) is 0 Å². The van der Waals surface area contributed by atoms with Crippen molar-refractivity contribution in [3.05, 3.63) is 22.9 Å². The van der Waals surface area contributed by atoms with Crippen molar-refractivity contribution in [2.24, 2.45) is 28.6 Å². The first-order valence-electron chi connectivity index (χ1n) is 11.9. The number of ether oxygens (including phenoxy) is 1. The minimum Gasteiger partial charge on any atom is -0.481 e. The number of amides is 1. The van der Waals surface area contributed by atoms with Crippen molar-refractivity contribution >= 4 is 33.5 Å². The second kappa shape index (κ2) is 8.69. The lowest BCUT2D eigenvalue weighted by molar-refractivity contribution is -0.156. The molecule has 2 N–H and O–H groups in total.